The zero-order valence-electron chi connectivity index (χ0n) is 18.0. The first kappa shape index (κ1) is 21.0. The standard InChI is InChI=1S/C25H34N4O/c30-25(29-17-15-27(16-18-29)19-22-7-2-1-3-8-22)12-11-23-9-6-14-28(20-23)21-24-10-4-5-13-26-24/h1-5,7-8,10,13,23H,6,9,11-12,14-21H2. The van der Waals surface area contributed by atoms with Crippen molar-refractivity contribution in [2.75, 3.05) is 39.3 Å². The van der Waals surface area contributed by atoms with E-state index in [0.717, 1.165) is 64.5 Å². The number of rotatable bonds is 7. The van der Waals surface area contributed by atoms with E-state index in [9.17, 15) is 4.79 Å². The highest BCUT2D eigenvalue weighted by atomic mass is 16.2. The van der Waals surface area contributed by atoms with Gasteiger partial charge in [-0.3, -0.25) is 19.6 Å². The van der Waals surface area contributed by atoms with Crippen LogP contribution in [0.25, 0.3) is 0 Å². The van der Waals surface area contributed by atoms with Crippen molar-refractivity contribution in [2.45, 2.75) is 38.8 Å². The van der Waals surface area contributed by atoms with Crippen molar-refractivity contribution in [3.8, 4) is 0 Å². The number of pyridine rings is 1. The minimum Gasteiger partial charge on any atom is -0.340 e. The molecule has 1 unspecified atom stereocenters. The van der Waals surface area contributed by atoms with Crippen LogP contribution in [-0.2, 0) is 17.9 Å². The Morgan fingerprint density at radius 1 is 0.900 bits per heavy atom. The molecule has 5 nitrogen and oxygen atoms in total. The molecular weight excluding hydrogens is 372 g/mol. The number of benzene rings is 1. The number of hydrogen-bond donors (Lipinski definition) is 0. The quantitative estimate of drug-likeness (QED) is 0.706. The van der Waals surface area contributed by atoms with Crippen LogP contribution < -0.4 is 0 Å². The van der Waals surface area contributed by atoms with Gasteiger partial charge in [-0.05, 0) is 49.4 Å². The van der Waals surface area contributed by atoms with Gasteiger partial charge in [0.25, 0.3) is 0 Å². The van der Waals surface area contributed by atoms with Crippen LogP contribution in [0, 0.1) is 5.92 Å². The fourth-order valence-corrected chi connectivity index (χ4v) is 4.73. The first-order valence-electron chi connectivity index (χ1n) is 11.4. The molecule has 1 aromatic heterocycles. The third-order valence-corrected chi connectivity index (χ3v) is 6.46. The summed E-state index contributed by atoms with van der Waals surface area (Å²) in [6.07, 6.45) is 6.05. The van der Waals surface area contributed by atoms with Crippen LogP contribution in [-0.4, -0.2) is 64.9 Å². The molecule has 0 radical (unpaired) electrons. The molecule has 2 aliphatic rings. The number of hydrogen-bond acceptors (Lipinski definition) is 4. The van der Waals surface area contributed by atoms with Crippen molar-refractivity contribution in [2.24, 2.45) is 5.92 Å². The number of carbonyl (C=O) groups is 1. The zero-order valence-corrected chi connectivity index (χ0v) is 18.0. The summed E-state index contributed by atoms with van der Waals surface area (Å²) in [7, 11) is 0. The molecule has 4 rings (SSSR count). The molecule has 2 saturated heterocycles. The molecule has 2 aliphatic heterocycles. The van der Waals surface area contributed by atoms with Crippen LogP contribution >= 0.6 is 0 Å². The minimum absolute atomic E-state index is 0.344. The van der Waals surface area contributed by atoms with E-state index in [1.54, 1.807) is 0 Å². The van der Waals surface area contributed by atoms with Gasteiger partial charge in [-0.1, -0.05) is 36.4 Å². The van der Waals surface area contributed by atoms with Gasteiger partial charge in [0.15, 0.2) is 0 Å². The maximum Gasteiger partial charge on any atom is 0.222 e. The van der Waals surface area contributed by atoms with Gasteiger partial charge in [0.2, 0.25) is 5.91 Å². The summed E-state index contributed by atoms with van der Waals surface area (Å²) in [6, 6.07) is 16.7. The molecule has 0 bridgehead atoms. The number of nitrogens with zero attached hydrogens (tertiary/aromatic N) is 4. The molecule has 2 fully saturated rings. The Morgan fingerprint density at radius 2 is 1.70 bits per heavy atom. The lowest BCUT2D eigenvalue weighted by Gasteiger charge is -2.36. The average molecular weight is 407 g/mol. The lowest BCUT2D eigenvalue weighted by molar-refractivity contribution is -0.133. The number of piperidine rings is 1. The molecule has 5 heteroatoms. The lowest BCUT2D eigenvalue weighted by Crippen LogP contribution is -2.48. The predicted octanol–water partition coefficient (Wildman–Crippen LogP) is 3.42. The monoisotopic (exact) mass is 406 g/mol. The minimum atomic E-state index is 0.344. The largest absolute Gasteiger partial charge is 0.340 e. The Hall–Kier alpha value is -2.24. The van der Waals surface area contributed by atoms with Crippen LogP contribution in [0.3, 0.4) is 0 Å². The maximum absolute atomic E-state index is 12.8. The Bertz CT molecular complexity index is 774. The van der Waals surface area contributed by atoms with Gasteiger partial charge in [-0.2, -0.15) is 0 Å². The van der Waals surface area contributed by atoms with Crippen LogP contribution in [0.2, 0.25) is 0 Å². The molecule has 1 aromatic carbocycles. The Labute approximate surface area is 180 Å². The lowest BCUT2D eigenvalue weighted by atomic mass is 9.93. The first-order valence-corrected chi connectivity index (χ1v) is 11.4. The summed E-state index contributed by atoms with van der Waals surface area (Å²) in [5, 5.41) is 0. The fraction of sp³-hybridized carbons (Fsp3) is 0.520. The van der Waals surface area contributed by atoms with Crippen molar-refractivity contribution in [3.63, 3.8) is 0 Å². The van der Waals surface area contributed by atoms with E-state index in [-0.39, 0.29) is 0 Å². The fourth-order valence-electron chi connectivity index (χ4n) is 4.73. The number of carbonyl (C=O) groups excluding carboxylic acids is 1. The van der Waals surface area contributed by atoms with Gasteiger partial charge in [0, 0.05) is 58.4 Å². The van der Waals surface area contributed by atoms with E-state index < -0.39 is 0 Å². The zero-order chi connectivity index (χ0) is 20.6. The summed E-state index contributed by atoms with van der Waals surface area (Å²) < 4.78 is 0. The molecule has 0 aliphatic carbocycles. The maximum atomic E-state index is 12.8. The second-order valence-corrected chi connectivity index (χ2v) is 8.75. The number of aromatic nitrogens is 1. The van der Waals surface area contributed by atoms with E-state index >= 15 is 0 Å². The summed E-state index contributed by atoms with van der Waals surface area (Å²) in [4.78, 5) is 24.3. The van der Waals surface area contributed by atoms with Crippen molar-refractivity contribution in [3.05, 3.63) is 66.0 Å². The molecule has 2 aromatic rings. The van der Waals surface area contributed by atoms with Crippen molar-refractivity contribution in [1.82, 2.24) is 19.7 Å². The number of piperazine rings is 1. The van der Waals surface area contributed by atoms with E-state index in [1.807, 2.05) is 12.3 Å². The Morgan fingerprint density at radius 3 is 2.47 bits per heavy atom. The third kappa shape index (κ3) is 6.13. The van der Waals surface area contributed by atoms with Gasteiger partial charge >= 0.3 is 0 Å². The van der Waals surface area contributed by atoms with Crippen molar-refractivity contribution >= 4 is 5.91 Å². The molecule has 30 heavy (non-hydrogen) atoms. The van der Waals surface area contributed by atoms with Crippen LogP contribution in [0.1, 0.15) is 36.9 Å². The van der Waals surface area contributed by atoms with Crippen LogP contribution in [0.15, 0.2) is 54.7 Å². The van der Waals surface area contributed by atoms with E-state index in [2.05, 4.69) is 62.1 Å². The van der Waals surface area contributed by atoms with E-state index in [0.29, 0.717) is 18.2 Å². The second kappa shape index (κ2) is 10.7. The highest BCUT2D eigenvalue weighted by molar-refractivity contribution is 5.76. The van der Waals surface area contributed by atoms with Crippen molar-refractivity contribution < 1.29 is 4.79 Å². The molecule has 1 amide bonds. The molecule has 0 N–H and O–H groups in total. The normalized spacial score (nSPS) is 20.9. The second-order valence-electron chi connectivity index (χ2n) is 8.75. The smallest absolute Gasteiger partial charge is 0.222 e. The highest BCUT2D eigenvalue weighted by Gasteiger charge is 2.24. The molecule has 160 valence electrons. The van der Waals surface area contributed by atoms with Gasteiger partial charge in [-0.25, -0.2) is 0 Å². The molecule has 0 spiro atoms. The summed E-state index contributed by atoms with van der Waals surface area (Å²) in [5.41, 5.74) is 2.49. The van der Waals surface area contributed by atoms with Gasteiger partial charge in [0.05, 0.1) is 5.69 Å². The molecule has 0 saturated carbocycles. The van der Waals surface area contributed by atoms with E-state index in [4.69, 9.17) is 0 Å². The van der Waals surface area contributed by atoms with Crippen LogP contribution in [0.5, 0.6) is 0 Å². The summed E-state index contributed by atoms with van der Waals surface area (Å²) >= 11 is 0. The van der Waals surface area contributed by atoms with Crippen molar-refractivity contribution in [1.29, 1.82) is 0 Å². The van der Waals surface area contributed by atoms with Gasteiger partial charge in [0.1, 0.15) is 0 Å². The topological polar surface area (TPSA) is 39.7 Å². The van der Waals surface area contributed by atoms with Crippen LogP contribution in [0.4, 0.5) is 0 Å². The number of likely N-dealkylation sites (tertiary alicyclic amines) is 1. The third-order valence-electron chi connectivity index (χ3n) is 6.46. The first-order chi connectivity index (χ1) is 14.8. The Kier molecular flexibility index (Phi) is 7.49. The van der Waals surface area contributed by atoms with Gasteiger partial charge in [-0.15, -0.1) is 0 Å². The highest BCUT2D eigenvalue weighted by Crippen LogP contribution is 2.23. The number of amides is 1. The SMILES string of the molecule is O=C(CCC1CCCN(Cc2ccccn2)C1)N1CCN(Cc2ccccc2)CC1. The van der Waals surface area contributed by atoms with E-state index in [1.165, 1.54) is 18.4 Å². The molecule has 3 heterocycles. The van der Waals surface area contributed by atoms with Gasteiger partial charge < -0.3 is 4.90 Å². The predicted molar refractivity (Wildman–Crippen MR) is 120 cm³/mol. The molecular formula is C25H34N4O. The summed E-state index contributed by atoms with van der Waals surface area (Å²) in [6.45, 7) is 7.82. The average Bonchev–Trinajstić information content (AvgIpc) is 2.80. The summed E-state index contributed by atoms with van der Waals surface area (Å²) in [5.74, 6) is 0.974. The molecule has 1 atom stereocenters. The Balaban J connectivity index is 1.17.